The molecule has 1 unspecified atom stereocenters. The highest BCUT2D eigenvalue weighted by atomic mass is 16.5. The van der Waals surface area contributed by atoms with Crippen LogP contribution in [-0.2, 0) is 17.9 Å². The second-order valence-electron chi connectivity index (χ2n) is 9.51. The molecule has 3 aromatic rings. The van der Waals surface area contributed by atoms with Gasteiger partial charge in [-0.25, -0.2) is 4.98 Å². The van der Waals surface area contributed by atoms with Crippen molar-refractivity contribution in [1.29, 1.82) is 5.26 Å². The van der Waals surface area contributed by atoms with Gasteiger partial charge in [0.2, 0.25) is 0 Å². The van der Waals surface area contributed by atoms with E-state index in [0.29, 0.717) is 18.8 Å². The van der Waals surface area contributed by atoms with Gasteiger partial charge in [0, 0.05) is 17.1 Å². The van der Waals surface area contributed by atoms with Gasteiger partial charge in [0.1, 0.15) is 0 Å². The van der Waals surface area contributed by atoms with E-state index in [1.807, 2.05) is 38.1 Å². The number of hydrogen-bond donors (Lipinski definition) is 1. The molecule has 4 rings (SSSR count). The molecule has 6 nitrogen and oxygen atoms in total. The summed E-state index contributed by atoms with van der Waals surface area (Å²) in [4.78, 5) is 22.3. The number of carbonyl (C=O) groups excluding carboxylic acids is 1. The molecule has 1 N–H and O–H groups in total. The zero-order chi connectivity index (χ0) is 27.7. The molecule has 2 aromatic heterocycles. The van der Waals surface area contributed by atoms with Gasteiger partial charge in [0.15, 0.2) is 0 Å². The maximum Gasteiger partial charge on any atom is 0.251 e. The Morgan fingerprint density at radius 3 is 2.68 bits per heavy atom. The largest absolute Gasteiger partial charge is 0.375 e. The number of amides is 1. The van der Waals surface area contributed by atoms with Gasteiger partial charge in [-0.15, -0.1) is 0 Å². The third-order valence-electron chi connectivity index (χ3n) is 6.39. The quantitative estimate of drug-likeness (QED) is 0.338. The number of pyridine rings is 2. The third kappa shape index (κ3) is 6.93. The molecule has 0 saturated carbocycles. The monoisotopic (exact) mass is 510 g/mol. The fourth-order valence-corrected chi connectivity index (χ4v) is 4.44. The minimum Gasteiger partial charge on any atom is -0.375 e. The van der Waals surface area contributed by atoms with E-state index in [1.165, 1.54) is 11.1 Å². The first kappa shape index (κ1) is 28.7. The topological polar surface area (TPSA) is 87.9 Å². The predicted molar refractivity (Wildman–Crippen MR) is 153 cm³/mol. The first-order chi connectivity index (χ1) is 18.4. The number of allylic oxidation sites excluding steroid dienone is 4. The SMILES string of the molecule is CC.CCC/C(C)=C\C(=C(C)C)c1ccc2cnc(CNC(=O)c3ccc4c(c3)C(C#N)COC4)cc2n1. The summed E-state index contributed by atoms with van der Waals surface area (Å²) in [6.07, 6.45) is 6.21. The van der Waals surface area contributed by atoms with Crippen LogP contribution in [0.1, 0.15) is 93.2 Å². The second-order valence-corrected chi connectivity index (χ2v) is 9.51. The number of hydrogen-bond acceptors (Lipinski definition) is 5. The van der Waals surface area contributed by atoms with Gasteiger partial charge in [0.25, 0.3) is 5.91 Å². The molecule has 1 amide bonds. The van der Waals surface area contributed by atoms with Crippen LogP contribution in [0.2, 0.25) is 0 Å². The molecule has 3 heterocycles. The number of ether oxygens (including phenoxy) is 1. The Labute approximate surface area is 226 Å². The summed E-state index contributed by atoms with van der Waals surface area (Å²) in [6, 6.07) is 13.7. The predicted octanol–water partition coefficient (Wildman–Crippen LogP) is 7.26. The molecule has 0 spiro atoms. The lowest BCUT2D eigenvalue weighted by molar-refractivity contribution is 0.0945. The van der Waals surface area contributed by atoms with Crippen molar-refractivity contribution in [3.8, 4) is 6.07 Å². The van der Waals surface area contributed by atoms with Crippen LogP contribution in [0.25, 0.3) is 16.5 Å². The zero-order valence-corrected chi connectivity index (χ0v) is 23.4. The molecule has 0 bridgehead atoms. The Hall–Kier alpha value is -3.82. The maximum absolute atomic E-state index is 12.9. The van der Waals surface area contributed by atoms with Crippen LogP contribution >= 0.6 is 0 Å². The first-order valence-corrected chi connectivity index (χ1v) is 13.4. The first-order valence-electron chi connectivity index (χ1n) is 13.4. The fourth-order valence-electron chi connectivity index (χ4n) is 4.44. The average molecular weight is 511 g/mol. The van der Waals surface area contributed by atoms with E-state index in [1.54, 1.807) is 18.3 Å². The molecule has 38 heavy (non-hydrogen) atoms. The normalized spacial score (nSPS) is 14.6. The molecule has 0 saturated heterocycles. The summed E-state index contributed by atoms with van der Waals surface area (Å²) in [5.74, 6) is -0.553. The molecule has 1 aliphatic heterocycles. The number of aromatic nitrogens is 2. The Morgan fingerprint density at radius 2 is 1.97 bits per heavy atom. The lowest BCUT2D eigenvalue weighted by atomic mass is 9.92. The van der Waals surface area contributed by atoms with E-state index in [4.69, 9.17) is 9.72 Å². The van der Waals surface area contributed by atoms with Crippen LogP contribution in [0, 0.1) is 11.3 Å². The number of fused-ring (bicyclic) bond motifs is 2. The highest BCUT2D eigenvalue weighted by Crippen LogP contribution is 2.27. The average Bonchev–Trinajstić information content (AvgIpc) is 2.94. The molecule has 1 aliphatic rings. The fraction of sp³-hybridized carbons (Fsp3) is 0.375. The van der Waals surface area contributed by atoms with Crippen molar-refractivity contribution >= 4 is 22.4 Å². The van der Waals surface area contributed by atoms with Gasteiger partial charge >= 0.3 is 0 Å². The molecule has 0 fully saturated rings. The van der Waals surface area contributed by atoms with Gasteiger partial charge < -0.3 is 10.1 Å². The second kappa shape index (κ2) is 13.6. The van der Waals surface area contributed by atoms with Gasteiger partial charge in [0.05, 0.1) is 48.7 Å². The minimum absolute atomic E-state index is 0.201. The van der Waals surface area contributed by atoms with E-state index >= 15 is 0 Å². The molecular weight excluding hydrogens is 472 g/mol. The van der Waals surface area contributed by atoms with Crippen LogP contribution in [0.15, 0.2) is 59.8 Å². The van der Waals surface area contributed by atoms with E-state index in [0.717, 1.165) is 51.8 Å². The van der Waals surface area contributed by atoms with Crippen molar-refractivity contribution < 1.29 is 9.53 Å². The summed E-state index contributed by atoms with van der Waals surface area (Å²) in [5, 5.41) is 13.3. The molecular formula is C32H38N4O2. The summed E-state index contributed by atoms with van der Waals surface area (Å²) >= 11 is 0. The highest BCUT2D eigenvalue weighted by Gasteiger charge is 2.22. The van der Waals surface area contributed by atoms with Crippen molar-refractivity contribution in [3.63, 3.8) is 0 Å². The summed E-state index contributed by atoms with van der Waals surface area (Å²) in [7, 11) is 0. The van der Waals surface area contributed by atoms with E-state index in [9.17, 15) is 10.1 Å². The maximum atomic E-state index is 12.9. The van der Waals surface area contributed by atoms with E-state index < -0.39 is 0 Å². The molecule has 1 aromatic carbocycles. The van der Waals surface area contributed by atoms with Gasteiger partial charge in [-0.3, -0.25) is 9.78 Å². The van der Waals surface area contributed by atoms with Crippen molar-refractivity contribution in [2.24, 2.45) is 0 Å². The number of nitriles is 1. The Balaban J connectivity index is 0.00000195. The molecule has 1 atom stereocenters. The Bertz CT molecular complexity index is 1390. The van der Waals surface area contributed by atoms with Crippen LogP contribution in [-0.4, -0.2) is 22.5 Å². The van der Waals surface area contributed by atoms with E-state index in [2.05, 4.69) is 50.1 Å². The van der Waals surface area contributed by atoms with Crippen LogP contribution < -0.4 is 5.32 Å². The van der Waals surface area contributed by atoms with Crippen molar-refractivity contribution in [2.45, 2.75) is 73.5 Å². The standard InChI is InChI=1S/C30H32N4O2.C2H6/c1-5-6-20(4)11-26(19(2)3)28-10-9-22-15-32-25(13-29(22)34-28)16-33-30(35)21-7-8-23-17-36-18-24(14-31)27(23)12-21;1-2/h7-13,15,24H,5-6,16-18H2,1-4H3,(H,33,35);1-2H3/b20-11-;. The van der Waals surface area contributed by atoms with Crippen molar-refractivity contribution in [2.75, 3.05) is 6.61 Å². The van der Waals surface area contributed by atoms with Crippen LogP contribution in [0.3, 0.4) is 0 Å². The number of nitrogens with zero attached hydrogens (tertiary/aromatic N) is 3. The molecule has 0 radical (unpaired) electrons. The number of carbonyl (C=O) groups is 1. The lowest BCUT2D eigenvalue weighted by Gasteiger charge is -2.21. The Morgan fingerprint density at radius 1 is 1.18 bits per heavy atom. The minimum atomic E-state index is -0.352. The van der Waals surface area contributed by atoms with E-state index in [-0.39, 0.29) is 18.4 Å². The number of benzene rings is 1. The summed E-state index contributed by atoms with van der Waals surface area (Å²) < 4.78 is 5.46. The highest BCUT2D eigenvalue weighted by molar-refractivity contribution is 5.94. The molecule has 0 aliphatic carbocycles. The summed E-state index contributed by atoms with van der Waals surface area (Å²) in [5.41, 5.74) is 8.56. The van der Waals surface area contributed by atoms with Crippen LogP contribution in [0.5, 0.6) is 0 Å². The van der Waals surface area contributed by atoms with Crippen LogP contribution in [0.4, 0.5) is 0 Å². The number of nitrogens with one attached hydrogen (secondary N) is 1. The third-order valence-corrected chi connectivity index (χ3v) is 6.39. The van der Waals surface area contributed by atoms with Crippen molar-refractivity contribution in [3.05, 3.63) is 87.9 Å². The smallest absolute Gasteiger partial charge is 0.251 e. The van der Waals surface area contributed by atoms with Gasteiger partial charge in [-0.05, 0) is 74.2 Å². The zero-order valence-electron chi connectivity index (χ0n) is 23.4. The summed E-state index contributed by atoms with van der Waals surface area (Å²) in [6.45, 7) is 13.7. The Kier molecular flexibility index (Phi) is 10.3. The van der Waals surface area contributed by atoms with Crippen molar-refractivity contribution in [1.82, 2.24) is 15.3 Å². The lowest BCUT2D eigenvalue weighted by Crippen LogP contribution is -2.24. The number of rotatable bonds is 7. The molecule has 6 heteroatoms. The van der Waals surface area contributed by atoms with Gasteiger partial charge in [-0.1, -0.05) is 50.5 Å². The van der Waals surface area contributed by atoms with Gasteiger partial charge in [-0.2, -0.15) is 5.26 Å². The molecule has 198 valence electrons.